The number of hydrogen-bond donors (Lipinski definition) is 0. The zero-order valence-corrected chi connectivity index (χ0v) is 9.49. The van der Waals surface area contributed by atoms with Gasteiger partial charge in [-0.3, -0.25) is 0 Å². The van der Waals surface area contributed by atoms with Gasteiger partial charge in [0, 0.05) is 10.7 Å². The van der Waals surface area contributed by atoms with Crippen molar-refractivity contribution in [2.75, 3.05) is 5.75 Å². The maximum absolute atomic E-state index is 10.8. The molecule has 0 N–H and O–H groups in total. The van der Waals surface area contributed by atoms with Crippen LogP contribution in [0.4, 0.5) is 0 Å². The van der Waals surface area contributed by atoms with Gasteiger partial charge in [-0.1, -0.05) is 0 Å². The smallest absolute Gasteiger partial charge is 0.235 e. The first-order valence-corrected chi connectivity index (χ1v) is 6.86. The highest BCUT2D eigenvalue weighted by molar-refractivity contribution is 8.13. The molecular formula is C8H15ClO3S. The van der Waals surface area contributed by atoms with E-state index in [1.54, 1.807) is 0 Å². The summed E-state index contributed by atoms with van der Waals surface area (Å²) in [6, 6.07) is 0. The van der Waals surface area contributed by atoms with E-state index < -0.39 is 9.05 Å². The highest BCUT2D eigenvalue weighted by Gasteiger charge is 2.30. The topological polar surface area (TPSA) is 43.4 Å². The molecule has 1 atom stereocenters. The van der Waals surface area contributed by atoms with E-state index in [-0.39, 0.29) is 17.5 Å². The van der Waals surface area contributed by atoms with Crippen LogP contribution in [-0.2, 0) is 13.8 Å². The van der Waals surface area contributed by atoms with Gasteiger partial charge < -0.3 is 4.74 Å². The Morgan fingerprint density at radius 1 is 1.54 bits per heavy atom. The van der Waals surface area contributed by atoms with Gasteiger partial charge in [-0.25, -0.2) is 8.42 Å². The molecule has 0 amide bonds. The molecule has 0 aromatic heterocycles. The van der Waals surface area contributed by atoms with Gasteiger partial charge in [0.25, 0.3) is 0 Å². The molecule has 1 aliphatic rings. The minimum Gasteiger partial charge on any atom is -0.371 e. The zero-order chi connectivity index (χ0) is 10.1. The van der Waals surface area contributed by atoms with E-state index in [1.807, 2.05) is 13.8 Å². The third kappa shape index (κ3) is 4.29. The Bertz CT molecular complexity index is 271. The molecule has 0 radical (unpaired) electrons. The lowest BCUT2D eigenvalue weighted by Gasteiger charge is -2.35. The van der Waals surface area contributed by atoms with Gasteiger partial charge >= 0.3 is 0 Å². The van der Waals surface area contributed by atoms with E-state index in [0.29, 0.717) is 0 Å². The Morgan fingerprint density at radius 3 is 2.62 bits per heavy atom. The van der Waals surface area contributed by atoms with Crippen molar-refractivity contribution in [3.8, 4) is 0 Å². The van der Waals surface area contributed by atoms with Crippen LogP contribution in [-0.4, -0.2) is 25.9 Å². The van der Waals surface area contributed by atoms with Crippen LogP contribution < -0.4 is 0 Å². The van der Waals surface area contributed by atoms with Crippen molar-refractivity contribution in [1.82, 2.24) is 0 Å². The SMILES string of the molecule is CC1(C)CCCC(CS(=O)(=O)Cl)O1. The molecule has 0 spiro atoms. The quantitative estimate of drug-likeness (QED) is 0.676. The number of halogens is 1. The lowest BCUT2D eigenvalue weighted by Crippen LogP contribution is -2.38. The lowest BCUT2D eigenvalue weighted by atomic mass is 9.96. The fourth-order valence-corrected chi connectivity index (χ4v) is 2.76. The lowest BCUT2D eigenvalue weighted by molar-refractivity contribution is -0.0962. The molecule has 0 aromatic carbocycles. The number of ether oxygens (including phenoxy) is 1. The summed E-state index contributed by atoms with van der Waals surface area (Å²) in [4.78, 5) is 0. The minimum atomic E-state index is -3.43. The van der Waals surface area contributed by atoms with Gasteiger partial charge in [-0.15, -0.1) is 0 Å². The predicted octanol–water partition coefficient (Wildman–Crippen LogP) is 1.90. The van der Waals surface area contributed by atoms with Gasteiger partial charge in [0.1, 0.15) is 0 Å². The standard InChI is InChI=1S/C8H15ClO3S/c1-8(2)5-3-4-7(12-8)6-13(9,10)11/h7H,3-6H2,1-2H3. The average Bonchev–Trinajstić information content (AvgIpc) is 1.79. The van der Waals surface area contributed by atoms with E-state index in [2.05, 4.69) is 0 Å². The van der Waals surface area contributed by atoms with Crippen LogP contribution in [0.1, 0.15) is 33.1 Å². The molecule has 1 unspecified atom stereocenters. The molecule has 1 fully saturated rings. The van der Waals surface area contributed by atoms with Crippen molar-refractivity contribution in [3.05, 3.63) is 0 Å². The van der Waals surface area contributed by atoms with Crippen LogP contribution in [0.15, 0.2) is 0 Å². The van der Waals surface area contributed by atoms with Crippen LogP contribution in [0.3, 0.4) is 0 Å². The Labute approximate surface area is 83.8 Å². The Kier molecular flexibility index (Phi) is 3.25. The van der Waals surface area contributed by atoms with Crippen LogP contribution in [0.25, 0.3) is 0 Å². The van der Waals surface area contributed by atoms with Crippen molar-refractivity contribution in [1.29, 1.82) is 0 Å². The van der Waals surface area contributed by atoms with E-state index in [9.17, 15) is 8.42 Å². The second-order valence-corrected chi connectivity index (χ2v) is 6.92. The molecule has 1 rings (SSSR count). The van der Waals surface area contributed by atoms with E-state index in [0.717, 1.165) is 19.3 Å². The molecule has 5 heteroatoms. The van der Waals surface area contributed by atoms with Gasteiger partial charge in [0.2, 0.25) is 9.05 Å². The zero-order valence-electron chi connectivity index (χ0n) is 7.92. The highest BCUT2D eigenvalue weighted by Crippen LogP contribution is 2.28. The minimum absolute atomic E-state index is 0.0714. The van der Waals surface area contributed by atoms with Gasteiger partial charge in [-0.2, -0.15) is 0 Å². The molecule has 0 aliphatic carbocycles. The summed E-state index contributed by atoms with van der Waals surface area (Å²) in [5.74, 6) is -0.0714. The number of rotatable bonds is 2. The van der Waals surface area contributed by atoms with E-state index in [1.165, 1.54) is 0 Å². The van der Waals surface area contributed by atoms with E-state index in [4.69, 9.17) is 15.4 Å². The third-order valence-corrected chi connectivity index (χ3v) is 3.32. The van der Waals surface area contributed by atoms with Gasteiger partial charge in [0.05, 0.1) is 17.5 Å². The Hall–Kier alpha value is 0.200. The Morgan fingerprint density at radius 2 is 2.15 bits per heavy atom. The highest BCUT2D eigenvalue weighted by atomic mass is 35.7. The molecule has 3 nitrogen and oxygen atoms in total. The molecular weight excluding hydrogens is 212 g/mol. The molecule has 1 heterocycles. The second-order valence-electron chi connectivity index (χ2n) is 4.10. The van der Waals surface area contributed by atoms with Crippen molar-refractivity contribution in [2.24, 2.45) is 0 Å². The van der Waals surface area contributed by atoms with Crippen molar-refractivity contribution >= 4 is 19.7 Å². The van der Waals surface area contributed by atoms with Gasteiger partial charge in [-0.05, 0) is 33.1 Å². The van der Waals surface area contributed by atoms with Crippen molar-refractivity contribution < 1.29 is 13.2 Å². The molecule has 78 valence electrons. The second kappa shape index (κ2) is 3.75. The molecule has 0 bridgehead atoms. The Balaban J connectivity index is 2.53. The van der Waals surface area contributed by atoms with E-state index >= 15 is 0 Å². The average molecular weight is 227 g/mol. The molecule has 0 aromatic rings. The molecule has 13 heavy (non-hydrogen) atoms. The first kappa shape index (κ1) is 11.3. The third-order valence-electron chi connectivity index (χ3n) is 2.18. The normalized spacial score (nSPS) is 28.7. The van der Waals surface area contributed by atoms with Crippen LogP contribution in [0.2, 0.25) is 0 Å². The van der Waals surface area contributed by atoms with Crippen molar-refractivity contribution in [2.45, 2.75) is 44.8 Å². The summed E-state index contributed by atoms with van der Waals surface area (Å²) in [7, 11) is 1.73. The first-order chi connectivity index (χ1) is 5.79. The maximum atomic E-state index is 10.8. The van der Waals surface area contributed by atoms with Crippen molar-refractivity contribution in [3.63, 3.8) is 0 Å². The molecule has 1 saturated heterocycles. The summed E-state index contributed by atoms with van der Waals surface area (Å²) in [5, 5.41) is 0. The fraction of sp³-hybridized carbons (Fsp3) is 1.00. The summed E-state index contributed by atoms with van der Waals surface area (Å²) in [6.07, 6.45) is 2.54. The fourth-order valence-electron chi connectivity index (χ4n) is 1.66. The monoisotopic (exact) mass is 226 g/mol. The molecule has 1 aliphatic heterocycles. The molecule has 0 saturated carbocycles. The van der Waals surface area contributed by atoms with Crippen LogP contribution in [0.5, 0.6) is 0 Å². The summed E-state index contributed by atoms with van der Waals surface area (Å²) in [6.45, 7) is 3.94. The largest absolute Gasteiger partial charge is 0.371 e. The summed E-state index contributed by atoms with van der Waals surface area (Å²) >= 11 is 0. The summed E-state index contributed by atoms with van der Waals surface area (Å²) < 4.78 is 27.2. The van der Waals surface area contributed by atoms with Crippen LogP contribution in [0, 0.1) is 0 Å². The van der Waals surface area contributed by atoms with Gasteiger partial charge in [0.15, 0.2) is 0 Å². The summed E-state index contributed by atoms with van der Waals surface area (Å²) in [5.41, 5.74) is -0.204. The van der Waals surface area contributed by atoms with Crippen LogP contribution >= 0.6 is 10.7 Å². The first-order valence-electron chi connectivity index (χ1n) is 4.39. The maximum Gasteiger partial charge on any atom is 0.235 e. The predicted molar refractivity (Wildman–Crippen MR) is 52.4 cm³/mol. The number of hydrogen-bond acceptors (Lipinski definition) is 3.